The van der Waals surface area contributed by atoms with Crippen LogP contribution in [0.4, 0.5) is 0 Å². The molecule has 1 aromatic heterocycles. The Morgan fingerprint density at radius 1 is 1.50 bits per heavy atom. The molecular formula is C12H15ClN4O. The number of hydrogen-bond donors (Lipinski definition) is 1. The van der Waals surface area contributed by atoms with E-state index in [4.69, 9.17) is 22.1 Å². The standard InChI is InChI=1S/C12H15ClN4O/c1-8(14)10-5-9(13)3-4-11(10)18-6-12-15-7-16-17(12)2/h3-5,7-8H,6,14H2,1-2H3/t8-/m0/s1. The lowest BCUT2D eigenvalue weighted by atomic mass is 10.1. The molecule has 6 heteroatoms. The van der Waals surface area contributed by atoms with Crippen LogP contribution in [0, 0.1) is 0 Å². The summed E-state index contributed by atoms with van der Waals surface area (Å²) in [5.41, 5.74) is 6.77. The first-order valence-corrected chi connectivity index (χ1v) is 5.96. The summed E-state index contributed by atoms with van der Waals surface area (Å²) in [5.74, 6) is 1.47. The van der Waals surface area contributed by atoms with Crippen molar-refractivity contribution in [2.24, 2.45) is 12.8 Å². The Morgan fingerprint density at radius 3 is 2.89 bits per heavy atom. The Morgan fingerprint density at radius 2 is 2.28 bits per heavy atom. The molecule has 1 atom stereocenters. The van der Waals surface area contributed by atoms with Gasteiger partial charge in [0.1, 0.15) is 18.7 Å². The van der Waals surface area contributed by atoms with Crippen LogP contribution in [0.15, 0.2) is 24.5 Å². The Bertz CT molecular complexity index is 539. The van der Waals surface area contributed by atoms with Gasteiger partial charge in [0.25, 0.3) is 0 Å². The number of nitrogens with two attached hydrogens (primary N) is 1. The maximum Gasteiger partial charge on any atom is 0.164 e. The van der Waals surface area contributed by atoms with E-state index in [0.717, 1.165) is 17.1 Å². The molecular weight excluding hydrogens is 252 g/mol. The Labute approximate surface area is 111 Å². The summed E-state index contributed by atoms with van der Waals surface area (Å²) in [6.07, 6.45) is 1.49. The summed E-state index contributed by atoms with van der Waals surface area (Å²) in [4.78, 5) is 4.09. The van der Waals surface area contributed by atoms with Crippen LogP contribution in [-0.4, -0.2) is 14.8 Å². The molecule has 0 bridgehead atoms. The second-order valence-corrected chi connectivity index (χ2v) is 4.50. The molecule has 2 rings (SSSR count). The van der Waals surface area contributed by atoms with Crippen molar-refractivity contribution in [1.29, 1.82) is 0 Å². The smallest absolute Gasteiger partial charge is 0.164 e. The zero-order chi connectivity index (χ0) is 13.1. The third-order valence-corrected chi connectivity index (χ3v) is 2.86. The zero-order valence-corrected chi connectivity index (χ0v) is 11.1. The van der Waals surface area contributed by atoms with Gasteiger partial charge in [0.2, 0.25) is 0 Å². The predicted molar refractivity (Wildman–Crippen MR) is 69.4 cm³/mol. The fraction of sp³-hybridized carbons (Fsp3) is 0.333. The van der Waals surface area contributed by atoms with Crippen LogP contribution < -0.4 is 10.5 Å². The van der Waals surface area contributed by atoms with Crippen LogP contribution in [0.1, 0.15) is 24.4 Å². The Kier molecular flexibility index (Phi) is 3.84. The van der Waals surface area contributed by atoms with Gasteiger partial charge >= 0.3 is 0 Å². The van der Waals surface area contributed by atoms with Crippen molar-refractivity contribution in [3.8, 4) is 5.75 Å². The quantitative estimate of drug-likeness (QED) is 0.920. The van der Waals surface area contributed by atoms with E-state index < -0.39 is 0 Å². The van der Waals surface area contributed by atoms with Crippen molar-refractivity contribution >= 4 is 11.6 Å². The van der Waals surface area contributed by atoms with Crippen LogP contribution in [0.3, 0.4) is 0 Å². The molecule has 0 aliphatic carbocycles. The summed E-state index contributed by atoms with van der Waals surface area (Å²) < 4.78 is 7.38. The van der Waals surface area contributed by atoms with Gasteiger partial charge in [0, 0.05) is 23.7 Å². The molecule has 0 aliphatic heterocycles. The van der Waals surface area contributed by atoms with E-state index in [-0.39, 0.29) is 6.04 Å². The third-order valence-electron chi connectivity index (χ3n) is 2.62. The second-order valence-electron chi connectivity index (χ2n) is 4.06. The molecule has 0 aliphatic rings. The molecule has 96 valence electrons. The average molecular weight is 267 g/mol. The number of aryl methyl sites for hydroxylation is 1. The van der Waals surface area contributed by atoms with Crippen LogP contribution in [0.2, 0.25) is 5.02 Å². The molecule has 2 N–H and O–H groups in total. The topological polar surface area (TPSA) is 66.0 Å². The van der Waals surface area contributed by atoms with Gasteiger partial charge in [0.15, 0.2) is 5.82 Å². The lowest BCUT2D eigenvalue weighted by molar-refractivity contribution is 0.285. The van der Waals surface area contributed by atoms with Gasteiger partial charge in [-0.05, 0) is 25.1 Å². The number of rotatable bonds is 4. The average Bonchev–Trinajstić information content (AvgIpc) is 2.73. The van der Waals surface area contributed by atoms with E-state index in [1.54, 1.807) is 10.7 Å². The molecule has 0 unspecified atom stereocenters. The van der Waals surface area contributed by atoms with Gasteiger partial charge < -0.3 is 10.5 Å². The van der Waals surface area contributed by atoms with Gasteiger partial charge in [-0.2, -0.15) is 5.10 Å². The molecule has 0 spiro atoms. The molecule has 2 aromatic rings. The molecule has 5 nitrogen and oxygen atoms in total. The van der Waals surface area contributed by atoms with Gasteiger partial charge in [-0.1, -0.05) is 11.6 Å². The van der Waals surface area contributed by atoms with Crippen LogP contribution in [0.5, 0.6) is 5.75 Å². The molecule has 0 amide bonds. The third kappa shape index (κ3) is 2.80. The SMILES string of the molecule is C[C@H](N)c1cc(Cl)ccc1OCc1ncnn1C. The van der Waals surface area contributed by atoms with E-state index >= 15 is 0 Å². The monoisotopic (exact) mass is 266 g/mol. The highest BCUT2D eigenvalue weighted by Crippen LogP contribution is 2.27. The van der Waals surface area contributed by atoms with Gasteiger partial charge in [-0.3, -0.25) is 4.68 Å². The van der Waals surface area contributed by atoms with Gasteiger partial charge in [-0.25, -0.2) is 4.98 Å². The van der Waals surface area contributed by atoms with Crippen molar-refractivity contribution in [3.05, 3.63) is 40.9 Å². The molecule has 18 heavy (non-hydrogen) atoms. The van der Waals surface area contributed by atoms with Crippen LogP contribution >= 0.6 is 11.6 Å². The van der Waals surface area contributed by atoms with E-state index in [0.29, 0.717) is 11.6 Å². The molecule has 0 saturated carbocycles. The van der Waals surface area contributed by atoms with Crippen molar-refractivity contribution in [3.63, 3.8) is 0 Å². The minimum absolute atomic E-state index is 0.141. The molecule has 0 radical (unpaired) electrons. The highest BCUT2D eigenvalue weighted by molar-refractivity contribution is 6.30. The number of benzene rings is 1. The summed E-state index contributed by atoms with van der Waals surface area (Å²) in [6.45, 7) is 2.23. The first-order valence-electron chi connectivity index (χ1n) is 5.58. The van der Waals surface area contributed by atoms with E-state index in [1.165, 1.54) is 6.33 Å². The zero-order valence-electron chi connectivity index (χ0n) is 10.3. The van der Waals surface area contributed by atoms with E-state index in [9.17, 15) is 0 Å². The largest absolute Gasteiger partial charge is 0.485 e. The first kappa shape index (κ1) is 12.9. The summed E-state index contributed by atoms with van der Waals surface area (Å²) in [5, 5.41) is 4.63. The van der Waals surface area contributed by atoms with Crippen molar-refractivity contribution in [1.82, 2.24) is 14.8 Å². The fourth-order valence-electron chi connectivity index (χ4n) is 1.60. The lowest BCUT2D eigenvalue weighted by Crippen LogP contribution is -2.10. The number of nitrogens with zero attached hydrogens (tertiary/aromatic N) is 3. The highest BCUT2D eigenvalue weighted by Gasteiger charge is 2.10. The van der Waals surface area contributed by atoms with Gasteiger partial charge in [0.05, 0.1) is 0 Å². The maximum atomic E-state index is 5.95. The van der Waals surface area contributed by atoms with E-state index in [1.807, 2.05) is 26.1 Å². The Balaban J connectivity index is 2.16. The normalized spacial score (nSPS) is 12.4. The number of ether oxygens (including phenoxy) is 1. The van der Waals surface area contributed by atoms with Crippen molar-refractivity contribution < 1.29 is 4.74 Å². The lowest BCUT2D eigenvalue weighted by Gasteiger charge is -2.14. The molecule has 1 aromatic carbocycles. The molecule has 1 heterocycles. The Hall–Kier alpha value is -1.59. The highest BCUT2D eigenvalue weighted by atomic mass is 35.5. The second kappa shape index (κ2) is 5.37. The minimum Gasteiger partial charge on any atom is -0.485 e. The number of halogens is 1. The number of aromatic nitrogens is 3. The molecule has 0 saturated heterocycles. The predicted octanol–water partition coefficient (Wildman–Crippen LogP) is 2.07. The summed E-state index contributed by atoms with van der Waals surface area (Å²) in [6, 6.07) is 5.27. The summed E-state index contributed by atoms with van der Waals surface area (Å²) >= 11 is 5.95. The van der Waals surface area contributed by atoms with Crippen molar-refractivity contribution in [2.45, 2.75) is 19.6 Å². The minimum atomic E-state index is -0.141. The van der Waals surface area contributed by atoms with Gasteiger partial charge in [-0.15, -0.1) is 0 Å². The van der Waals surface area contributed by atoms with Crippen molar-refractivity contribution in [2.75, 3.05) is 0 Å². The summed E-state index contributed by atoms with van der Waals surface area (Å²) in [7, 11) is 1.82. The first-order chi connectivity index (χ1) is 8.58. The van der Waals surface area contributed by atoms with Crippen LogP contribution in [0.25, 0.3) is 0 Å². The maximum absolute atomic E-state index is 5.95. The van der Waals surface area contributed by atoms with Crippen LogP contribution in [-0.2, 0) is 13.7 Å². The fourth-order valence-corrected chi connectivity index (χ4v) is 1.78. The molecule has 0 fully saturated rings. The number of hydrogen-bond acceptors (Lipinski definition) is 4. The van der Waals surface area contributed by atoms with E-state index in [2.05, 4.69) is 10.1 Å².